The first-order valence-electron chi connectivity index (χ1n) is 14.1. The lowest BCUT2D eigenvalue weighted by atomic mass is 10.1. The van der Waals surface area contributed by atoms with Gasteiger partial charge in [-0.25, -0.2) is 14.9 Å². The summed E-state index contributed by atoms with van der Waals surface area (Å²) in [5.74, 6) is 0.167. The lowest BCUT2D eigenvalue weighted by Crippen LogP contribution is -2.55. The van der Waals surface area contributed by atoms with Gasteiger partial charge in [0.1, 0.15) is 23.7 Å². The topological polar surface area (TPSA) is 187 Å². The number of amides is 2. The molecule has 4 heterocycles. The second-order valence-electron chi connectivity index (χ2n) is 9.83. The first-order valence-corrected chi connectivity index (χ1v) is 14.1. The van der Waals surface area contributed by atoms with Crippen LogP contribution in [-0.2, 0) is 25.5 Å². The molecule has 228 valence electrons. The molecule has 3 aromatic rings. The first kappa shape index (κ1) is 29.8. The number of hydrogen-bond donors (Lipinski definition) is 2. The van der Waals surface area contributed by atoms with Crippen LogP contribution in [0.1, 0.15) is 36.1 Å². The van der Waals surface area contributed by atoms with Gasteiger partial charge in [0, 0.05) is 37.6 Å². The van der Waals surface area contributed by atoms with E-state index in [9.17, 15) is 14.4 Å². The van der Waals surface area contributed by atoms with Gasteiger partial charge in [-0.05, 0) is 23.8 Å². The maximum atomic E-state index is 13.7. The van der Waals surface area contributed by atoms with Gasteiger partial charge in [-0.1, -0.05) is 30.3 Å². The van der Waals surface area contributed by atoms with Gasteiger partial charge >= 0.3 is 6.16 Å². The summed E-state index contributed by atoms with van der Waals surface area (Å²) in [6.07, 6.45) is 0.255. The molecule has 2 amide bonds. The number of rotatable bonds is 11. The third-order valence-electron chi connectivity index (χ3n) is 6.82. The summed E-state index contributed by atoms with van der Waals surface area (Å²) in [6, 6.07) is 9.79. The Labute approximate surface area is 247 Å². The maximum Gasteiger partial charge on any atom is 0.527 e. The number of H-pyrrole nitrogens is 1. The standard InChI is InChI=1S/C27H33N9O7/c1-2-41-27(39)43-36-13-11-35(12-14-36)26(38)20(8-9-22-31-33-34-32-22)29-25(37)21-16-23(42-19-10-15-40-17-19)30-24(28-21)18-6-4-3-5-7-18/h3-7,16,19-20H,2,8-15,17H2,1H3,(H,29,37)(H,31,32,33,34)/t19-,20?/m0/s1. The van der Waals surface area contributed by atoms with Crippen LogP contribution in [0.2, 0.25) is 0 Å². The number of ether oxygens (including phenoxy) is 3. The molecule has 0 saturated carbocycles. The molecule has 0 aliphatic carbocycles. The van der Waals surface area contributed by atoms with Crippen molar-refractivity contribution in [2.24, 2.45) is 0 Å². The molecule has 2 aromatic heterocycles. The van der Waals surface area contributed by atoms with Crippen molar-refractivity contribution in [2.75, 3.05) is 46.0 Å². The molecule has 1 aromatic carbocycles. The minimum Gasteiger partial charge on any atom is -0.472 e. The van der Waals surface area contributed by atoms with E-state index in [2.05, 4.69) is 35.9 Å². The number of aromatic amines is 1. The second-order valence-corrected chi connectivity index (χ2v) is 9.83. The number of benzene rings is 1. The minimum atomic E-state index is -0.919. The Kier molecular flexibility index (Phi) is 10.0. The number of carbonyl (C=O) groups is 3. The van der Waals surface area contributed by atoms with Crippen molar-refractivity contribution in [1.29, 1.82) is 0 Å². The largest absolute Gasteiger partial charge is 0.527 e. The number of nitrogens with one attached hydrogen (secondary N) is 2. The van der Waals surface area contributed by atoms with Crippen LogP contribution >= 0.6 is 0 Å². The van der Waals surface area contributed by atoms with Crippen LogP contribution in [0.4, 0.5) is 4.79 Å². The summed E-state index contributed by atoms with van der Waals surface area (Å²) in [7, 11) is 0. The molecule has 1 unspecified atom stereocenters. The van der Waals surface area contributed by atoms with Crippen LogP contribution in [0.25, 0.3) is 11.4 Å². The molecular formula is C27H33N9O7. The average molecular weight is 596 g/mol. The highest BCUT2D eigenvalue weighted by atomic mass is 16.8. The molecule has 43 heavy (non-hydrogen) atoms. The van der Waals surface area contributed by atoms with E-state index in [0.717, 1.165) is 0 Å². The van der Waals surface area contributed by atoms with Crippen molar-refractivity contribution in [3.05, 3.63) is 47.9 Å². The SMILES string of the molecule is CCOC(=O)ON1CCN(C(=O)C(CCc2nnn[nH]2)NC(=O)c2cc(O[C@H]3CCOC3)nc(-c3ccccc3)n2)CC1. The molecule has 0 bridgehead atoms. The van der Waals surface area contributed by atoms with E-state index in [0.29, 0.717) is 43.3 Å². The van der Waals surface area contributed by atoms with E-state index in [1.165, 1.54) is 11.1 Å². The fraction of sp³-hybridized carbons (Fsp3) is 0.481. The number of piperazine rings is 1. The fourth-order valence-corrected chi connectivity index (χ4v) is 4.62. The van der Waals surface area contributed by atoms with Crippen LogP contribution in [0.15, 0.2) is 36.4 Å². The zero-order valence-electron chi connectivity index (χ0n) is 23.7. The van der Waals surface area contributed by atoms with Crippen LogP contribution in [0.3, 0.4) is 0 Å². The monoisotopic (exact) mass is 595 g/mol. The molecule has 2 aliphatic rings. The van der Waals surface area contributed by atoms with Crippen molar-refractivity contribution in [1.82, 2.24) is 45.9 Å². The predicted molar refractivity (Wildman–Crippen MR) is 147 cm³/mol. The number of aryl methyl sites for hydroxylation is 1. The number of tetrazole rings is 1. The summed E-state index contributed by atoms with van der Waals surface area (Å²) >= 11 is 0. The smallest absolute Gasteiger partial charge is 0.472 e. The number of aromatic nitrogens is 6. The Bertz CT molecular complexity index is 1360. The average Bonchev–Trinajstić information content (AvgIpc) is 3.74. The lowest BCUT2D eigenvalue weighted by Gasteiger charge is -2.35. The molecule has 2 N–H and O–H groups in total. The molecule has 2 aliphatic heterocycles. The summed E-state index contributed by atoms with van der Waals surface area (Å²) in [5.41, 5.74) is 0.757. The Morgan fingerprint density at radius 3 is 2.65 bits per heavy atom. The lowest BCUT2D eigenvalue weighted by molar-refractivity contribution is -0.157. The van der Waals surface area contributed by atoms with Crippen molar-refractivity contribution in [2.45, 2.75) is 38.3 Å². The summed E-state index contributed by atoms with van der Waals surface area (Å²) in [5, 5.41) is 18.0. The Hall–Kier alpha value is -4.70. The van der Waals surface area contributed by atoms with Gasteiger partial charge < -0.3 is 29.3 Å². The van der Waals surface area contributed by atoms with Crippen LogP contribution in [0.5, 0.6) is 5.88 Å². The van der Waals surface area contributed by atoms with Gasteiger partial charge in [0.15, 0.2) is 5.82 Å². The third-order valence-corrected chi connectivity index (χ3v) is 6.82. The number of carbonyl (C=O) groups excluding carboxylic acids is 3. The van der Waals surface area contributed by atoms with E-state index in [1.807, 2.05) is 30.3 Å². The Morgan fingerprint density at radius 2 is 1.95 bits per heavy atom. The van der Waals surface area contributed by atoms with Crippen molar-refractivity contribution in [3.63, 3.8) is 0 Å². The van der Waals surface area contributed by atoms with E-state index < -0.39 is 18.1 Å². The third kappa shape index (κ3) is 8.20. The minimum absolute atomic E-state index is 0.0505. The van der Waals surface area contributed by atoms with Crippen LogP contribution < -0.4 is 10.1 Å². The van der Waals surface area contributed by atoms with Crippen molar-refractivity contribution < 1.29 is 33.4 Å². The zero-order chi connectivity index (χ0) is 30.0. The van der Waals surface area contributed by atoms with E-state index in [4.69, 9.17) is 19.0 Å². The summed E-state index contributed by atoms with van der Waals surface area (Å²) in [4.78, 5) is 54.8. The molecule has 2 saturated heterocycles. The van der Waals surface area contributed by atoms with Crippen LogP contribution in [0, 0.1) is 0 Å². The van der Waals surface area contributed by atoms with Crippen molar-refractivity contribution >= 4 is 18.0 Å². The normalized spacial score (nSPS) is 17.7. The van der Waals surface area contributed by atoms with Crippen molar-refractivity contribution in [3.8, 4) is 17.3 Å². The molecule has 2 fully saturated rings. The van der Waals surface area contributed by atoms with Gasteiger partial charge in [-0.2, -0.15) is 4.98 Å². The Morgan fingerprint density at radius 1 is 1.14 bits per heavy atom. The molecular weight excluding hydrogens is 562 g/mol. The molecule has 0 spiro atoms. The van der Waals surface area contributed by atoms with Gasteiger partial charge in [-0.3, -0.25) is 9.59 Å². The first-order chi connectivity index (χ1) is 21.0. The Balaban J connectivity index is 1.32. The van der Waals surface area contributed by atoms with Crippen LogP contribution in [-0.4, -0.2) is 117 Å². The van der Waals surface area contributed by atoms with Gasteiger partial charge in [0.05, 0.1) is 32.9 Å². The number of nitrogens with zero attached hydrogens (tertiary/aromatic N) is 7. The van der Waals surface area contributed by atoms with E-state index in [1.54, 1.807) is 11.8 Å². The molecule has 2 atom stereocenters. The zero-order valence-corrected chi connectivity index (χ0v) is 23.7. The fourth-order valence-electron chi connectivity index (χ4n) is 4.62. The molecule has 5 rings (SSSR count). The van der Waals surface area contributed by atoms with E-state index >= 15 is 0 Å². The molecule has 16 nitrogen and oxygen atoms in total. The summed E-state index contributed by atoms with van der Waals surface area (Å²) < 4.78 is 16.2. The van der Waals surface area contributed by atoms with E-state index in [-0.39, 0.29) is 62.8 Å². The highest BCUT2D eigenvalue weighted by molar-refractivity contribution is 5.96. The quantitative estimate of drug-likeness (QED) is 0.297. The number of hydrogen-bond acceptors (Lipinski definition) is 13. The highest BCUT2D eigenvalue weighted by Crippen LogP contribution is 2.22. The van der Waals surface area contributed by atoms with Gasteiger partial charge in [0.2, 0.25) is 11.8 Å². The predicted octanol–water partition coefficient (Wildman–Crippen LogP) is 0.788. The molecule has 16 heteroatoms. The second kappa shape index (κ2) is 14.5. The molecule has 0 radical (unpaired) electrons. The highest BCUT2D eigenvalue weighted by Gasteiger charge is 2.31. The number of hydroxylamine groups is 2. The van der Waals surface area contributed by atoms with Gasteiger partial charge in [0.25, 0.3) is 5.91 Å². The summed E-state index contributed by atoms with van der Waals surface area (Å²) in [6.45, 7) is 4.03. The maximum absolute atomic E-state index is 13.7. The van der Waals surface area contributed by atoms with Gasteiger partial charge in [-0.15, -0.1) is 10.2 Å².